The number of hydrogen-bond donors (Lipinski definition) is 1. The lowest BCUT2D eigenvalue weighted by molar-refractivity contribution is 0.0527. The van der Waals surface area contributed by atoms with Crippen LogP contribution in [-0.4, -0.2) is 23.5 Å². The van der Waals surface area contributed by atoms with Crippen molar-refractivity contribution in [2.24, 2.45) is 0 Å². The van der Waals surface area contributed by atoms with Crippen molar-refractivity contribution < 1.29 is 14.3 Å². The van der Waals surface area contributed by atoms with Crippen LogP contribution in [0, 0.1) is 0 Å². The molecule has 0 unspecified atom stereocenters. The minimum atomic E-state index is -0.476. The molecule has 0 bridgehead atoms. The number of halogens is 1. The number of para-hydroxylation sites is 1. The van der Waals surface area contributed by atoms with Gasteiger partial charge in [0.1, 0.15) is 10.3 Å². The van der Waals surface area contributed by atoms with Gasteiger partial charge in [-0.05, 0) is 47.1 Å². The van der Waals surface area contributed by atoms with E-state index in [1.54, 1.807) is 49.4 Å². The van der Waals surface area contributed by atoms with Gasteiger partial charge in [0.05, 0.1) is 17.9 Å². The summed E-state index contributed by atoms with van der Waals surface area (Å²) in [6, 6.07) is 11.7. The molecule has 21 heavy (non-hydrogen) atoms. The zero-order valence-electron chi connectivity index (χ0n) is 11.3. The van der Waals surface area contributed by atoms with E-state index >= 15 is 0 Å². The van der Waals surface area contributed by atoms with Gasteiger partial charge >= 0.3 is 5.97 Å². The van der Waals surface area contributed by atoms with Gasteiger partial charge in [-0.25, -0.2) is 9.78 Å². The highest BCUT2D eigenvalue weighted by molar-refractivity contribution is 9.10. The number of carbonyl (C=O) groups excluding carboxylic acids is 2. The molecule has 0 aliphatic carbocycles. The molecule has 1 aromatic carbocycles. The first kappa shape index (κ1) is 15.2. The van der Waals surface area contributed by atoms with Crippen molar-refractivity contribution in [2.45, 2.75) is 6.92 Å². The second-order valence-corrected chi connectivity index (χ2v) is 4.88. The highest BCUT2D eigenvalue weighted by Gasteiger charge is 2.15. The van der Waals surface area contributed by atoms with Gasteiger partial charge in [-0.1, -0.05) is 18.2 Å². The molecule has 0 radical (unpaired) electrons. The number of nitrogens with zero attached hydrogens (tertiary/aromatic N) is 1. The normalized spacial score (nSPS) is 10.0. The molecule has 0 atom stereocenters. The summed E-state index contributed by atoms with van der Waals surface area (Å²) >= 11 is 3.21. The molecule has 108 valence electrons. The van der Waals surface area contributed by atoms with E-state index in [0.29, 0.717) is 15.9 Å². The van der Waals surface area contributed by atoms with Crippen molar-refractivity contribution in [3.63, 3.8) is 0 Å². The SMILES string of the molecule is CCOC(=O)c1ccccc1NC(=O)c1cccc(Br)n1. The topological polar surface area (TPSA) is 68.3 Å². The number of anilines is 1. The first-order valence-electron chi connectivity index (χ1n) is 6.32. The molecule has 1 amide bonds. The molecule has 5 nitrogen and oxygen atoms in total. The van der Waals surface area contributed by atoms with Gasteiger partial charge in [0.15, 0.2) is 0 Å². The van der Waals surface area contributed by atoms with E-state index in [0.717, 1.165) is 0 Å². The molecule has 0 aliphatic heterocycles. The largest absolute Gasteiger partial charge is 0.462 e. The number of rotatable bonds is 4. The van der Waals surface area contributed by atoms with Crippen LogP contribution < -0.4 is 5.32 Å². The first-order chi connectivity index (χ1) is 10.1. The van der Waals surface area contributed by atoms with E-state index in [4.69, 9.17) is 4.74 Å². The summed E-state index contributed by atoms with van der Waals surface area (Å²) in [7, 11) is 0. The minimum Gasteiger partial charge on any atom is -0.462 e. The average Bonchev–Trinajstić information content (AvgIpc) is 2.48. The molecule has 1 heterocycles. The summed E-state index contributed by atoms with van der Waals surface area (Å²) < 4.78 is 5.53. The molecule has 0 saturated heterocycles. The molecule has 6 heteroatoms. The standard InChI is InChI=1S/C15H13BrN2O3/c1-2-21-15(20)10-6-3-4-7-11(10)18-14(19)12-8-5-9-13(16)17-12/h3-9H,2H2,1H3,(H,18,19). The molecule has 1 N–H and O–H groups in total. The van der Waals surface area contributed by atoms with Crippen LogP contribution in [0.2, 0.25) is 0 Å². The van der Waals surface area contributed by atoms with Crippen LogP contribution in [0.25, 0.3) is 0 Å². The number of pyridine rings is 1. The lowest BCUT2D eigenvalue weighted by Gasteiger charge is -2.10. The molecule has 2 aromatic rings. The van der Waals surface area contributed by atoms with Crippen molar-refractivity contribution in [3.8, 4) is 0 Å². The summed E-state index contributed by atoms with van der Waals surface area (Å²) in [6.45, 7) is 2.00. The average molecular weight is 349 g/mol. The second kappa shape index (κ2) is 6.99. The molecule has 0 spiro atoms. The zero-order chi connectivity index (χ0) is 15.2. The fourth-order valence-corrected chi connectivity index (χ4v) is 2.04. The predicted octanol–water partition coefficient (Wildman–Crippen LogP) is 3.27. The van der Waals surface area contributed by atoms with Crippen LogP contribution in [0.4, 0.5) is 5.69 Å². The van der Waals surface area contributed by atoms with Crippen LogP contribution in [0.3, 0.4) is 0 Å². The zero-order valence-corrected chi connectivity index (χ0v) is 12.9. The molecule has 0 fully saturated rings. The number of carbonyl (C=O) groups is 2. The summed E-state index contributed by atoms with van der Waals surface area (Å²) in [4.78, 5) is 28.1. The second-order valence-electron chi connectivity index (χ2n) is 4.07. The van der Waals surface area contributed by atoms with E-state index in [-0.39, 0.29) is 12.3 Å². The Morgan fingerprint density at radius 3 is 2.67 bits per heavy atom. The number of benzene rings is 1. The van der Waals surface area contributed by atoms with Crippen LogP contribution in [0.1, 0.15) is 27.8 Å². The molecule has 2 rings (SSSR count). The summed E-state index contributed by atoms with van der Waals surface area (Å²) in [6.07, 6.45) is 0. The third-order valence-electron chi connectivity index (χ3n) is 2.62. The van der Waals surface area contributed by atoms with Crippen molar-refractivity contribution in [1.82, 2.24) is 4.98 Å². The van der Waals surface area contributed by atoms with Crippen LogP contribution in [0.15, 0.2) is 47.1 Å². The lowest BCUT2D eigenvalue weighted by Crippen LogP contribution is -2.17. The monoisotopic (exact) mass is 348 g/mol. The number of ether oxygens (including phenoxy) is 1. The van der Waals surface area contributed by atoms with Gasteiger partial charge in [0.2, 0.25) is 0 Å². The Hall–Kier alpha value is -2.21. The lowest BCUT2D eigenvalue weighted by atomic mass is 10.1. The molecule has 0 aliphatic rings. The van der Waals surface area contributed by atoms with Gasteiger partial charge in [-0.15, -0.1) is 0 Å². The van der Waals surface area contributed by atoms with Crippen molar-refractivity contribution in [2.75, 3.05) is 11.9 Å². The fraction of sp³-hybridized carbons (Fsp3) is 0.133. The Bertz CT molecular complexity index is 673. The maximum Gasteiger partial charge on any atom is 0.340 e. The molecular weight excluding hydrogens is 336 g/mol. The van der Waals surface area contributed by atoms with Gasteiger partial charge in [-0.2, -0.15) is 0 Å². The Morgan fingerprint density at radius 2 is 1.95 bits per heavy atom. The highest BCUT2D eigenvalue weighted by Crippen LogP contribution is 2.17. The van der Waals surface area contributed by atoms with E-state index in [1.807, 2.05) is 0 Å². The predicted molar refractivity (Wildman–Crippen MR) is 82.3 cm³/mol. The molecular formula is C15H13BrN2O3. The molecule has 0 saturated carbocycles. The number of esters is 1. The highest BCUT2D eigenvalue weighted by atomic mass is 79.9. The minimum absolute atomic E-state index is 0.253. The third kappa shape index (κ3) is 3.88. The van der Waals surface area contributed by atoms with Crippen molar-refractivity contribution in [3.05, 3.63) is 58.3 Å². The Morgan fingerprint density at radius 1 is 1.19 bits per heavy atom. The van der Waals surface area contributed by atoms with Gasteiger partial charge in [-0.3, -0.25) is 4.79 Å². The molecule has 1 aromatic heterocycles. The Labute approximate surface area is 130 Å². The van der Waals surface area contributed by atoms with Crippen LogP contribution in [-0.2, 0) is 4.74 Å². The maximum absolute atomic E-state index is 12.2. The van der Waals surface area contributed by atoms with Crippen LogP contribution in [0.5, 0.6) is 0 Å². The summed E-state index contributed by atoms with van der Waals surface area (Å²) in [5.41, 5.74) is 0.952. The number of hydrogen-bond acceptors (Lipinski definition) is 4. The Kier molecular flexibility index (Phi) is 5.05. The van der Waals surface area contributed by atoms with Gasteiger partial charge in [0, 0.05) is 0 Å². The van der Waals surface area contributed by atoms with E-state index < -0.39 is 11.9 Å². The van der Waals surface area contributed by atoms with Crippen molar-refractivity contribution >= 4 is 33.5 Å². The number of nitrogens with one attached hydrogen (secondary N) is 1. The van der Waals surface area contributed by atoms with Crippen LogP contribution >= 0.6 is 15.9 Å². The fourth-order valence-electron chi connectivity index (χ4n) is 1.70. The van der Waals surface area contributed by atoms with E-state index in [1.165, 1.54) is 0 Å². The van der Waals surface area contributed by atoms with Crippen molar-refractivity contribution in [1.29, 1.82) is 0 Å². The smallest absolute Gasteiger partial charge is 0.340 e. The van der Waals surface area contributed by atoms with Gasteiger partial charge in [0.25, 0.3) is 5.91 Å². The van der Waals surface area contributed by atoms with Gasteiger partial charge < -0.3 is 10.1 Å². The first-order valence-corrected chi connectivity index (χ1v) is 7.11. The van der Waals surface area contributed by atoms with E-state index in [9.17, 15) is 9.59 Å². The number of amides is 1. The summed E-state index contributed by atoms with van der Waals surface area (Å²) in [5, 5.41) is 2.67. The summed E-state index contributed by atoms with van der Waals surface area (Å²) in [5.74, 6) is -0.872. The third-order valence-corrected chi connectivity index (χ3v) is 3.06. The Balaban J connectivity index is 2.23. The maximum atomic E-state index is 12.2. The quantitative estimate of drug-likeness (QED) is 0.680. The number of aromatic nitrogens is 1. The van der Waals surface area contributed by atoms with E-state index in [2.05, 4.69) is 26.2 Å².